The van der Waals surface area contributed by atoms with Crippen LogP contribution >= 0.6 is 0 Å². The zero-order valence-electron chi connectivity index (χ0n) is 30.0. The molecule has 0 bridgehead atoms. The minimum Gasteiger partial charge on any atom is -0.868 e. The van der Waals surface area contributed by atoms with Gasteiger partial charge in [0.25, 0.3) is 0 Å². The first-order chi connectivity index (χ1) is 26.7. The molecule has 0 fully saturated rings. The van der Waals surface area contributed by atoms with Gasteiger partial charge in [0, 0.05) is 22.8 Å². The van der Waals surface area contributed by atoms with Crippen LogP contribution in [-0.2, 0) is 5.41 Å². The molecule has 55 heavy (non-hydrogen) atoms. The zero-order valence-corrected chi connectivity index (χ0v) is 30.0. The van der Waals surface area contributed by atoms with E-state index in [1.54, 1.807) is 6.07 Å². The first-order valence-electron chi connectivity index (χ1n) is 18.2. The van der Waals surface area contributed by atoms with Crippen LogP contribution in [0.1, 0.15) is 22.3 Å². The van der Waals surface area contributed by atoms with Crippen LogP contribution in [0.15, 0.2) is 176 Å². The number of benzene rings is 7. The average Bonchev–Trinajstić information content (AvgIpc) is 3.71. The fraction of sp³-hybridized carbons (Fsp3) is 0.0204. The molecular weight excluding hydrogens is 668 g/mol. The van der Waals surface area contributed by atoms with Gasteiger partial charge in [-0.2, -0.15) is 0 Å². The van der Waals surface area contributed by atoms with E-state index in [0.29, 0.717) is 23.0 Å². The molecule has 1 N–H and O–H groups in total. The van der Waals surface area contributed by atoms with E-state index in [0.717, 1.165) is 33.2 Å². The monoisotopic (exact) mass is 697 g/mol. The van der Waals surface area contributed by atoms with Crippen molar-refractivity contribution in [3.63, 3.8) is 0 Å². The molecule has 2 aliphatic rings. The van der Waals surface area contributed by atoms with Gasteiger partial charge in [0.1, 0.15) is 0 Å². The van der Waals surface area contributed by atoms with E-state index in [4.69, 9.17) is 15.0 Å². The zero-order chi connectivity index (χ0) is 35.8. The van der Waals surface area contributed by atoms with E-state index in [-0.39, 0.29) is 24.6 Å². The van der Waals surface area contributed by atoms with Gasteiger partial charge in [-0.1, -0.05) is 146 Å². The Morgan fingerprint density at radius 2 is 0.873 bits per heavy atom. The average molecular weight is 698 g/mol. The molecule has 0 saturated carbocycles. The Morgan fingerprint density at radius 1 is 0.400 bits per heavy atom. The number of hydrogen-bond acceptors (Lipinski definition) is 4. The van der Waals surface area contributed by atoms with Crippen molar-refractivity contribution in [2.45, 2.75) is 5.41 Å². The Morgan fingerprint density at radius 3 is 1.47 bits per heavy atom. The molecular formula is C49H30LiN4O+. The summed E-state index contributed by atoms with van der Waals surface area (Å²) in [6, 6.07) is 58.9. The second-order valence-electron chi connectivity index (χ2n) is 14.0. The molecule has 252 valence electrons. The van der Waals surface area contributed by atoms with Crippen LogP contribution in [0.5, 0.6) is 5.75 Å². The van der Waals surface area contributed by atoms with Crippen molar-refractivity contribution in [1.29, 1.82) is 0 Å². The van der Waals surface area contributed by atoms with Gasteiger partial charge in [-0.25, -0.2) is 19.9 Å². The van der Waals surface area contributed by atoms with Crippen molar-refractivity contribution < 1.29 is 29.0 Å². The van der Waals surface area contributed by atoms with E-state index in [2.05, 4.69) is 89.9 Å². The Kier molecular flexibility index (Phi) is 7.64. The largest absolute Gasteiger partial charge is 1.00 e. The van der Waals surface area contributed by atoms with Gasteiger partial charge >= 0.3 is 18.9 Å². The molecule has 7 aromatic carbocycles. The number of aromatic amines is 1. The van der Waals surface area contributed by atoms with Gasteiger partial charge in [0.05, 0.1) is 10.8 Å². The van der Waals surface area contributed by atoms with Crippen LogP contribution in [0.2, 0.25) is 0 Å². The minimum absolute atomic E-state index is 0. The molecule has 0 radical (unpaired) electrons. The van der Waals surface area contributed by atoms with Gasteiger partial charge in [-0.15, -0.1) is 0 Å². The number of nitrogens with one attached hydrogen (secondary N) is 1. The molecule has 5 nitrogen and oxygen atoms in total. The van der Waals surface area contributed by atoms with Crippen LogP contribution in [0.25, 0.3) is 78.4 Å². The van der Waals surface area contributed by atoms with Crippen molar-refractivity contribution in [3.8, 4) is 73.3 Å². The first-order valence-corrected chi connectivity index (χ1v) is 18.2. The summed E-state index contributed by atoms with van der Waals surface area (Å²) in [4.78, 5) is 18.4. The molecule has 9 aromatic rings. The maximum Gasteiger partial charge on any atom is 1.00 e. The van der Waals surface area contributed by atoms with Gasteiger partial charge in [-0.3, -0.25) is 0 Å². The third-order valence-corrected chi connectivity index (χ3v) is 11.2. The molecule has 2 heterocycles. The molecule has 1 spiro atoms. The van der Waals surface area contributed by atoms with Crippen molar-refractivity contribution in [2.75, 3.05) is 0 Å². The number of rotatable bonds is 4. The minimum atomic E-state index is -0.595. The summed E-state index contributed by atoms with van der Waals surface area (Å²) in [6.45, 7) is 0. The standard InChI is InChI=1S/C49H30N4O.Li/c54-44-26-25-34(39-18-11-27-50-45(39)44)32-21-23-37-35-16-7-9-19-40(35)49(42(37)28-32)41-20-10-8-17-36(41)38-24-22-33(29-43(38)49)48-52-46(30-12-3-1-4-13-30)51-47(53-48)31-14-5-2-6-15-31;/h1-29,54H;/q;+1. The smallest absolute Gasteiger partial charge is 0.868 e. The Labute approximate surface area is 330 Å². The fourth-order valence-electron chi connectivity index (χ4n) is 8.83. The number of aromatic nitrogens is 4. The summed E-state index contributed by atoms with van der Waals surface area (Å²) in [6.07, 6.45) is 1.81. The van der Waals surface area contributed by atoms with Crippen LogP contribution in [0, 0.1) is 0 Å². The molecule has 6 heteroatoms. The van der Waals surface area contributed by atoms with Crippen LogP contribution in [0.4, 0.5) is 0 Å². The van der Waals surface area contributed by atoms with Crippen molar-refractivity contribution >= 4 is 10.9 Å². The molecule has 2 aromatic heterocycles. The molecule has 0 amide bonds. The summed E-state index contributed by atoms with van der Waals surface area (Å²) >= 11 is 0. The third-order valence-electron chi connectivity index (χ3n) is 11.2. The second kappa shape index (κ2) is 12.7. The van der Waals surface area contributed by atoms with Crippen LogP contribution in [0.3, 0.4) is 0 Å². The summed E-state index contributed by atoms with van der Waals surface area (Å²) in [5, 5.41) is 13.8. The summed E-state index contributed by atoms with van der Waals surface area (Å²) in [7, 11) is 0. The topological polar surface area (TPSA) is 75.9 Å². The predicted molar refractivity (Wildman–Crippen MR) is 211 cm³/mol. The molecule has 0 aliphatic heterocycles. The Balaban J connectivity index is 0.00000372. The molecule has 0 saturated heterocycles. The van der Waals surface area contributed by atoms with Crippen LogP contribution in [-0.4, -0.2) is 15.0 Å². The van der Waals surface area contributed by atoms with Crippen molar-refractivity contribution in [3.05, 3.63) is 198 Å². The molecule has 11 rings (SSSR count). The number of fused-ring (bicyclic) bond motifs is 11. The fourth-order valence-corrected chi connectivity index (χ4v) is 8.83. The molecule has 1 atom stereocenters. The molecule has 1 unspecified atom stereocenters. The molecule has 2 aliphatic carbocycles. The van der Waals surface area contributed by atoms with Crippen molar-refractivity contribution in [2.24, 2.45) is 0 Å². The summed E-state index contributed by atoms with van der Waals surface area (Å²) < 4.78 is 0. The Hall–Kier alpha value is -6.64. The van der Waals surface area contributed by atoms with E-state index in [1.165, 1.54) is 44.5 Å². The maximum atomic E-state index is 12.9. The van der Waals surface area contributed by atoms with Gasteiger partial charge in [-0.05, 0) is 79.6 Å². The van der Waals surface area contributed by atoms with E-state index < -0.39 is 5.41 Å². The SMILES string of the molecule is [Li+].[O-]c1ccc(-c2ccc3c(c2)C2(c4ccccc4-c4ccc(-c5nc(-c6ccccc6)nc(-c6ccccc6)n5)cc42)c2ccccc2-3)c2ccc[nH+]c12. The maximum absolute atomic E-state index is 12.9. The number of H-pyrrole nitrogens is 1. The third kappa shape index (κ3) is 4.88. The van der Waals surface area contributed by atoms with E-state index in [1.807, 2.05) is 85.1 Å². The summed E-state index contributed by atoms with van der Waals surface area (Å²) in [5.41, 5.74) is 14.6. The number of pyridine rings is 1. The van der Waals surface area contributed by atoms with E-state index in [9.17, 15) is 5.11 Å². The van der Waals surface area contributed by atoms with Crippen molar-refractivity contribution in [1.82, 2.24) is 15.0 Å². The Bertz CT molecular complexity index is 2900. The quantitative estimate of drug-likeness (QED) is 0.187. The van der Waals surface area contributed by atoms with Gasteiger partial charge in [0.15, 0.2) is 23.7 Å². The first kappa shape index (κ1) is 33.0. The second-order valence-corrected chi connectivity index (χ2v) is 14.0. The van der Waals surface area contributed by atoms with Gasteiger partial charge in [0.2, 0.25) is 5.52 Å². The van der Waals surface area contributed by atoms with Crippen LogP contribution < -0.4 is 29.0 Å². The van der Waals surface area contributed by atoms with Gasteiger partial charge < -0.3 is 5.11 Å². The number of nitrogens with zero attached hydrogens (tertiary/aromatic N) is 3. The predicted octanol–water partition coefficient (Wildman–Crippen LogP) is 6.93. The van der Waals surface area contributed by atoms with E-state index >= 15 is 0 Å². The summed E-state index contributed by atoms with van der Waals surface area (Å²) in [5.74, 6) is 1.87. The number of hydrogen-bond donors (Lipinski definition) is 0. The normalized spacial score (nSPS) is 14.5.